The molecule has 1 amide bonds. The second-order valence-electron chi connectivity index (χ2n) is 7.12. The van der Waals surface area contributed by atoms with Crippen LogP contribution in [0.5, 0.6) is 0 Å². The molecule has 3 N–H and O–H groups in total. The first-order chi connectivity index (χ1) is 15.9. The van der Waals surface area contributed by atoms with Crippen molar-refractivity contribution in [3.05, 3.63) is 125 Å². The molecule has 2 aromatic carbocycles. The van der Waals surface area contributed by atoms with Crippen molar-refractivity contribution in [3.8, 4) is 0 Å². The summed E-state index contributed by atoms with van der Waals surface area (Å²) in [4.78, 5) is 27.6. The maximum absolute atomic E-state index is 12.9. The van der Waals surface area contributed by atoms with Gasteiger partial charge in [0.05, 0.1) is 0 Å². The fraction of sp³-hybridized carbons (Fsp3) is 0.111. The fourth-order valence-corrected chi connectivity index (χ4v) is 3.21. The normalized spacial score (nSPS) is 12.5. The van der Waals surface area contributed by atoms with Crippen molar-refractivity contribution in [1.82, 2.24) is 10.2 Å². The van der Waals surface area contributed by atoms with Gasteiger partial charge in [-0.1, -0.05) is 72.8 Å². The molecule has 5 nitrogen and oxygen atoms in total. The Morgan fingerprint density at radius 1 is 1.12 bits per heavy atom. The highest BCUT2D eigenvalue weighted by atomic mass is 35.5. The van der Waals surface area contributed by atoms with E-state index in [-0.39, 0.29) is 5.57 Å². The predicted octanol–water partition coefficient (Wildman–Crippen LogP) is 4.99. The topological polar surface area (TPSA) is 75.4 Å². The Hall–Kier alpha value is -3.83. The molecule has 6 heteroatoms. The minimum Gasteiger partial charge on any atom is -0.405 e. The number of benzene rings is 2. The number of nitrogens with zero attached hydrogens (tertiary/aromatic N) is 1. The number of allylic oxidation sites excluding steroid dienone is 5. The summed E-state index contributed by atoms with van der Waals surface area (Å²) in [6.07, 6.45) is 9.15. The maximum atomic E-state index is 12.9. The van der Waals surface area contributed by atoms with Crippen molar-refractivity contribution in [3.63, 3.8) is 0 Å². The number of hydrogen-bond acceptors (Lipinski definition) is 4. The smallest absolute Gasteiger partial charge is 0.296 e. The molecule has 0 bridgehead atoms. The predicted molar refractivity (Wildman–Crippen MR) is 136 cm³/mol. The van der Waals surface area contributed by atoms with Gasteiger partial charge in [-0.2, -0.15) is 0 Å². The molecule has 2 aromatic rings. The number of carbonyl (C=O) groups is 2. The summed E-state index contributed by atoms with van der Waals surface area (Å²) in [6.45, 7) is 5.90. The lowest BCUT2D eigenvalue weighted by atomic mass is 10.0. The molecule has 0 atom stereocenters. The molecular formula is C27H28ClN3O2. The van der Waals surface area contributed by atoms with Crippen LogP contribution in [0, 0.1) is 0 Å². The molecule has 2 rings (SSSR count). The molecule has 0 aliphatic heterocycles. The van der Waals surface area contributed by atoms with Gasteiger partial charge in [-0.25, -0.2) is 0 Å². The van der Waals surface area contributed by atoms with Crippen LogP contribution < -0.4 is 11.1 Å². The summed E-state index contributed by atoms with van der Waals surface area (Å²) in [7, 11) is 1.93. The van der Waals surface area contributed by atoms with Gasteiger partial charge in [-0.3, -0.25) is 9.59 Å². The number of amides is 1. The zero-order valence-corrected chi connectivity index (χ0v) is 19.5. The lowest BCUT2D eigenvalue weighted by Gasteiger charge is -2.24. The lowest BCUT2D eigenvalue weighted by Crippen LogP contribution is -2.31. The van der Waals surface area contributed by atoms with Crippen LogP contribution in [0.1, 0.15) is 18.1 Å². The molecule has 0 spiro atoms. The van der Waals surface area contributed by atoms with Gasteiger partial charge in [-0.15, -0.1) is 0 Å². The molecule has 0 fully saturated rings. The summed E-state index contributed by atoms with van der Waals surface area (Å²) in [5, 5.41) is 3.23. The van der Waals surface area contributed by atoms with E-state index in [0.29, 0.717) is 17.3 Å². The van der Waals surface area contributed by atoms with Crippen LogP contribution in [0.15, 0.2) is 109 Å². The highest BCUT2D eigenvalue weighted by molar-refractivity contribution is 6.43. The van der Waals surface area contributed by atoms with Crippen molar-refractivity contribution in [1.29, 1.82) is 0 Å². The number of ketones is 1. The third kappa shape index (κ3) is 7.66. The van der Waals surface area contributed by atoms with Gasteiger partial charge in [0, 0.05) is 35.6 Å². The molecule has 0 radical (unpaired) electrons. The standard InChI is InChI=1S/C27H28ClN3O2/c1-4-9-24(16-17-29)30-27(33)26(32)21(5-2)18-25(22-10-7-6-8-11-22)31(3)19-20-12-14-23(28)15-13-20/h4-18H,1,19,29H2,2-3H3,(H,30,33)/b17-16-,21-5-,24-9+,25-18-. The Kier molecular flexibility index (Phi) is 9.93. The van der Waals surface area contributed by atoms with Crippen molar-refractivity contribution < 1.29 is 9.59 Å². The van der Waals surface area contributed by atoms with E-state index >= 15 is 0 Å². The third-order valence-electron chi connectivity index (χ3n) is 4.72. The minimum absolute atomic E-state index is 0.268. The molecule has 0 heterocycles. The lowest BCUT2D eigenvalue weighted by molar-refractivity contribution is -0.135. The first-order valence-electron chi connectivity index (χ1n) is 10.3. The largest absolute Gasteiger partial charge is 0.405 e. The quantitative estimate of drug-likeness (QED) is 0.297. The van der Waals surface area contributed by atoms with Crippen molar-refractivity contribution >= 4 is 29.0 Å². The number of hydrogen-bond donors (Lipinski definition) is 2. The van der Waals surface area contributed by atoms with E-state index in [1.54, 1.807) is 25.2 Å². The van der Waals surface area contributed by atoms with E-state index in [9.17, 15) is 9.59 Å². The van der Waals surface area contributed by atoms with Gasteiger partial charge >= 0.3 is 0 Å². The van der Waals surface area contributed by atoms with Gasteiger partial charge in [0.2, 0.25) is 5.78 Å². The summed E-state index contributed by atoms with van der Waals surface area (Å²) < 4.78 is 0. The summed E-state index contributed by atoms with van der Waals surface area (Å²) in [6, 6.07) is 17.3. The highest BCUT2D eigenvalue weighted by Gasteiger charge is 2.19. The number of rotatable bonds is 10. The average molecular weight is 462 g/mol. The van der Waals surface area contributed by atoms with Crippen LogP contribution in [0.4, 0.5) is 0 Å². The fourth-order valence-electron chi connectivity index (χ4n) is 3.09. The van der Waals surface area contributed by atoms with E-state index in [2.05, 4.69) is 11.9 Å². The SMILES string of the molecule is C=C/C=C(\C=C/N)NC(=O)C(=O)C(=C\C)/C=C(/c1ccccc1)N(C)Cc1ccc(Cl)cc1. The Bertz CT molecular complexity index is 1100. The molecule has 0 saturated carbocycles. The van der Waals surface area contributed by atoms with Crippen LogP contribution in [-0.4, -0.2) is 23.6 Å². The van der Waals surface area contributed by atoms with E-state index in [1.165, 1.54) is 18.4 Å². The minimum atomic E-state index is -0.765. The van der Waals surface area contributed by atoms with Gasteiger partial charge in [0.25, 0.3) is 5.91 Å². The van der Waals surface area contributed by atoms with Crippen LogP contribution in [0.3, 0.4) is 0 Å². The van der Waals surface area contributed by atoms with E-state index in [4.69, 9.17) is 17.3 Å². The van der Waals surface area contributed by atoms with Gasteiger partial charge in [-0.05, 0) is 54.6 Å². The number of halogens is 1. The summed E-state index contributed by atoms with van der Waals surface area (Å²) in [5.41, 5.74) is 8.81. The highest BCUT2D eigenvalue weighted by Crippen LogP contribution is 2.23. The van der Waals surface area contributed by atoms with Gasteiger partial charge < -0.3 is 16.0 Å². The molecule has 33 heavy (non-hydrogen) atoms. The van der Waals surface area contributed by atoms with Crippen molar-refractivity contribution in [2.45, 2.75) is 13.5 Å². The second-order valence-corrected chi connectivity index (χ2v) is 7.56. The third-order valence-corrected chi connectivity index (χ3v) is 4.97. The zero-order chi connectivity index (χ0) is 24.2. The average Bonchev–Trinajstić information content (AvgIpc) is 2.81. The Labute approximate surface area is 200 Å². The first kappa shape index (κ1) is 25.4. The van der Waals surface area contributed by atoms with Crippen LogP contribution in [-0.2, 0) is 16.1 Å². The molecule has 0 saturated heterocycles. The molecule has 0 aliphatic carbocycles. The molecule has 0 unspecified atom stereocenters. The van der Waals surface area contributed by atoms with E-state index in [1.807, 2.05) is 66.5 Å². The van der Waals surface area contributed by atoms with Crippen molar-refractivity contribution in [2.75, 3.05) is 7.05 Å². The number of carbonyl (C=O) groups excluding carboxylic acids is 2. The first-order valence-corrected chi connectivity index (χ1v) is 10.7. The van der Waals surface area contributed by atoms with Gasteiger partial charge in [0.15, 0.2) is 0 Å². The molecule has 0 aliphatic rings. The second kappa shape index (κ2) is 12.9. The molecule has 170 valence electrons. The number of nitrogens with one attached hydrogen (secondary N) is 1. The van der Waals surface area contributed by atoms with Crippen LogP contribution in [0.2, 0.25) is 5.02 Å². The maximum Gasteiger partial charge on any atom is 0.296 e. The zero-order valence-electron chi connectivity index (χ0n) is 18.8. The van der Waals surface area contributed by atoms with Crippen LogP contribution in [0.25, 0.3) is 5.70 Å². The summed E-state index contributed by atoms with van der Waals surface area (Å²) >= 11 is 6.01. The number of nitrogens with two attached hydrogens (primary N) is 1. The molecular weight excluding hydrogens is 434 g/mol. The van der Waals surface area contributed by atoms with Gasteiger partial charge in [0.1, 0.15) is 0 Å². The van der Waals surface area contributed by atoms with E-state index < -0.39 is 11.7 Å². The Balaban J connectivity index is 2.36. The Morgan fingerprint density at radius 3 is 2.36 bits per heavy atom. The number of Topliss-reactive ketones (excluding diaryl/α,β-unsaturated/α-hetero) is 1. The monoisotopic (exact) mass is 461 g/mol. The molecule has 0 aromatic heterocycles. The van der Waals surface area contributed by atoms with Crippen molar-refractivity contribution in [2.24, 2.45) is 5.73 Å². The van der Waals surface area contributed by atoms with E-state index in [0.717, 1.165) is 16.8 Å². The van der Waals surface area contributed by atoms with Crippen LogP contribution >= 0.6 is 11.6 Å². The summed E-state index contributed by atoms with van der Waals surface area (Å²) in [5.74, 6) is -1.43. The Morgan fingerprint density at radius 2 is 1.79 bits per heavy atom.